The van der Waals surface area contributed by atoms with Crippen LogP contribution in [0.3, 0.4) is 0 Å². The number of methoxy groups -OCH3 is 1. The van der Waals surface area contributed by atoms with Crippen LogP contribution in [0.25, 0.3) is 0 Å². The van der Waals surface area contributed by atoms with E-state index in [1.165, 1.54) is 0 Å². The number of carbonyl (C=O) groups is 2. The highest BCUT2D eigenvalue weighted by Gasteiger charge is 2.39. The second kappa shape index (κ2) is 8.91. The Kier molecular flexibility index (Phi) is 6.34. The van der Waals surface area contributed by atoms with E-state index in [0.717, 1.165) is 29.7 Å². The summed E-state index contributed by atoms with van der Waals surface area (Å²) in [5.41, 5.74) is 1.43. The zero-order chi connectivity index (χ0) is 20.0. The van der Waals surface area contributed by atoms with E-state index in [-0.39, 0.29) is 11.8 Å². The predicted molar refractivity (Wildman–Crippen MR) is 109 cm³/mol. The Bertz CT molecular complexity index is 822. The lowest BCUT2D eigenvalue weighted by Gasteiger charge is -2.39. The first-order chi connectivity index (χ1) is 13.5. The summed E-state index contributed by atoms with van der Waals surface area (Å²) in [5.74, 6) is 0.846. The van der Waals surface area contributed by atoms with Gasteiger partial charge in [-0.15, -0.1) is 0 Å². The molecule has 1 N–H and O–H groups in total. The van der Waals surface area contributed by atoms with Crippen LogP contribution in [-0.2, 0) is 22.6 Å². The summed E-state index contributed by atoms with van der Waals surface area (Å²) < 4.78 is 5.23. The Balaban J connectivity index is 1.59. The van der Waals surface area contributed by atoms with Gasteiger partial charge in [-0.2, -0.15) is 0 Å². The fourth-order valence-electron chi connectivity index (χ4n) is 3.70. The van der Waals surface area contributed by atoms with Gasteiger partial charge in [-0.3, -0.25) is 9.59 Å². The minimum atomic E-state index is -0.566. The lowest BCUT2D eigenvalue weighted by atomic mass is 9.80. The maximum Gasteiger partial charge on any atom is 0.227 e. The van der Waals surface area contributed by atoms with Crippen molar-refractivity contribution in [2.45, 2.75) is 32.7 Å². The molecule has 0 spiro atoms. The Hall–Kier alpha value is -2.82. The third-order valence-corrected chi connectivity index (χ3v) is 5.38. The third kappa shape index (κ3) is 4.91. The molecule has 0 unspecified atom stereocenters. The number of ether oxygens (including phenoxy) is 1. The van der Waals surface area contributed by atoms with Crippen LogP contribution in [0.2, 0.25) is 0 Å². The molecule has 28 heavy (non-hydrogen) atoms. The summed E-state index contributed by atoms with van der Waals surface area (Å²) in [5, 5.41) is 3.04. The molecule has 1 heterocycles. The van der Waals surface area contributed by atoms with E-state index in [1.54, 1.807) is 7.11 Å². The largest absolute Gasteiger partial charge is 0.497 e. The summed E-state index contributed by atoms with van der Waals surface area (Å²) >= 11 is 0. The van der Waals surface area contributed by atoms with Crippen molar-refractivity contribution < 1.29 is 14.3 Å². The van der Waals surface area contributed by atoms with Crippen molar-refractivity contribution in [2.24, 2.45) is 5.41 Å². The first-order valence-corrected chi connectivity index (χ1v) is 9.73. The number of rotatable bonds is 6. The molecule has 2 amide bonds. The monoisotopic (exact) mass is 380 g/mol. The third-order valence-electron chi connectivity index (χ3n) is 5.38. The Morgan fingerprint density at radius 2 is 1.86 bits per heavy atom. The summed E-state index contributed by atoms with van der Waals surface area (Å²) in [6.07, 6.45) is 2.00. The lowest BCUT2D eigenvalue weighted by Crippen LogP contribution is -2.52. The zero-order valence-electron chi connectivity index (χ0n) is 16.6. The average Bonchev–Trinajstić information content (AvgIpc) is 2.73. The molecule has 1 fully saturated rings. The quantitative estimate of drug-likeness (QED) is 0.837. The molecule has 3 rings (SSSR count). The lowest BCUT2D eigenvalue weighted by molar-refractivity contribution is -0.140. The van der Waals surface area contributed by atoms with Gasteiger partial charge in [-0.1, -0.05) is 42.5 Å². The van der Waals surface area contributed by atoms with Crippen molar-refractivity contribution in [2.75, 3.05) is 20.2 Å². The fourth-order valence-corrected chi connectivity index (χ4v) is 3.70. The topological polar surface area (TPSA) is 58.6 Å². The number of likely N-dealkylation sites (tertiary alicyclic amines) is 1. The van der Waals surface area contributed by atoms with Crippen LogP contribution in [0.1, 0.15) is 30.9 Å². The van der Waals surface area contributed by atoms with E-state index in [1.807, 2.05) is 66.4 Å². The van der Waals surface area contributed by atoms with Crippen molar-refractivity contribution in [3.8, 4) is 5.75 Å². The average molecular weight is 380 g/mol. The SMILES string of the molecule is COc1cccc(CNC(=O)[C@@]2(C)CCCN(C(=O)Cc3ccccc3)C2)c1. The molecule has 5 nitrogen and oxygen atoms in total. The summed E-state index contributed by atoms with van der Waals surface area (Å²) in [7, 11) is 1.63. The van der Waals surface area contributed by atoms with Gasteiger partial charge in [0.15, 0.2) is 0 Å². The number of piperidine rings is 1. The van der Waals surface area contributed by atoms with Crippen LogP contribution in [0.15, 0.2) is 54.6 Å². The molecule has 1 saturated heterocycles. The molecule has 1 atom stereocenters. The minimum absolute atomic E-state index is 0.00692. The normalized spacial score (nSPS) is 19.1. The van der Waals surface area contributed by atoms with Gasteiger partial charge in [0.05, 0.1) is 18.9 Å². The van der Waals surface area contributed by atoms with Crippen LogP contribution in [-0.4, -0.2) is 36.9 Å². The number of carbonyl (C=O) groups excluding carboxylic acids is 2. The van der Waals surface area contributed by atoms with Crippen LogP contribution in [0, 0.1) is 5.41 Å². The predicted octanol–water partition coefficient (Wildman–Crippen LogP) is 3.18. The van der Waals surface area contributed by atoms with E-state index in [9.17, 15) is 9.59 Å². The van der Waals surface area contributed by atoms with Gasteiger partial charge < -0.3 is 15.0 Å². The summed E-state index contributed by atoms with van der Waals surface area (Å²) in [6, 6.07) is 17.4. The number of nitrogens with zero attached hydrogens (tertiary/aromatic N) is 1. The fraction of sp³-hybridized carbons (Fsp3) is 0.391. The Labute approximate surface area is 166 Å². The van der Waals surface area contributed by atoms with E-state index >= 15 is 0 Å². The van der Waals surface area contributed by atoms with E-state index in [0.29, 0.717) is 26.1 Å². The molecule has 1 aliphatic rings. The standard InChI is InChI=1S/C23H28N2O3/c1-23(22(27)24-16-19-10-6-11-20(14-19)28-2)12-7-13-25(17-23)21(26)15-18-8-4-3-5-9-18/h3-6,8-11,14H,7,12-13,15-17H2,1-2H3,(H,24,27)/t23-/m0/s1. The molecule has 0 aromatic heterocycles. The Morgan fingerprint density at radius 3 is 2.61 bits per heavy atom. The molecular formula is C23H28N2O3. The van der Waals surface area contributed by atoms with Crippen molar-refractivity contribution in [3.05, 3.63) is 65.7 Å². The second-order valence-corrected chi connectivity index (χ2v) is 7.68. The number of benzene rings is 2. The number of amides is 2. The van der Waals surface area contributed by atoms with Gasteiger partial charge in [0.25, 0.3) is 0 Å². The minimum Gasteiger partial charge on any atom is -0.497 e. The molecule has 0 aliphatic carbocycles. The molecule has 5 heteroatoms. The number of nitrogens with one attached hydrogen (secondary N) is 1. The van der Waals surface area contributed by atoms with Gasteiger partial charge in [-0.05, 0) is 43.0 Å². The van der Waals surface area contributed by atoms with Crippen molar-refractivity contribution in [1.82, 2.24) is 10.2 Å². The maximum atomic E-state index is 12.9. The maximum absolute atomic E-state index is 12.9. The number of hydrogen-bond donors (Lipinski definition) is 1. The number of hydrogen-bond acceptors (Lipinski definition) is 3. The molecule has 2 aromatic carbocycles. The smallest absolute Gasteiger partial charge is 0.227 e. The van der Waals surface area contributed by atoms with Gasteiger partial charge in [0.2, 0.25) is 11.8 Å². The molecule has 0 radical (unpaired) electrons. The summed E-state index contributed by atoms with van der Waals surface area (Å²) in [6.45, 7) is 3.58. The first kappa shape index (κ1) is 19.9. The summed E-state index contributed by atoms with van der Waals surface area (Å²) in [4.78, 5) is 27.4. The zero-order valence-corrected chi connectivity index (χ0v) is 16.6. The van der Waals surface area contributed by atoms with E-state index in [4.69, 9.17) is 4.74 Å². The molecule has 2 aromatic rings. The highest BCUT2D eigenvalue weighted by molar-refractivity contribution is 5.84. The molecule has 1 aliphatic heterocycles. The van der Waals surface area contributed by atoms with Gasteiger partial charge >= 0.3 is 0 Å². The van der Waals surface area contributed by atoms with Crippen LogP contribution < -0.4 is 10.1 Å². The highest BCUT2D eigenvalue weighted by atomic mass is 16.5. The van der Waals surface area contributed by atoms with E-state index < -0.39 is 5.41 Å². The van der Waals surface area contributed by atoms with Gasteiger partial charge in [-0.25, -0.2) is 0 Å². The van der Waals surface area contributed by atoms with Gasteiger partial charge in [0.1, 0.15) is 5.75 Å². The molecular weight excluding hydrogens is 352 g/mol. The van der Waals surface area contributed by atoms with Crippen LogP contribution in [0.5, 0.6) is 5.75 Å². The molecule has 0 saturated carbocycles. The van der Waals surface area contributed by atoms with Crippen LogP contribution >= 0.6 is 0 Å². The van der Waals surface area contributed by atoms with Crippen LogP contribution in [0.4, 0.5) is 0 Å². The Morgan fingerprint density at radius 1 is 1.11 bits per heavy atom. The van der Waals surface area contributed by atoms with Crippen molar-refractivity contribution in [3.63, 3.8) is 0 Å². The second-order valence-electron chi connectivity index (χ2n) is 7.68. The molecule has 148 valence electrons. The first-order valence-electron chi connectivity index (χ1n) is 9.73. The van der Waals surface area contributed by atoms with Crippen molar-refractivity contribution in [1.29, 1.82) is 0 Å². The van der Waals surface area contributed by atoms with Crippen molar-refractivity contribution >= 4 is 11.8 Å². The van der Waals surface area contributed by atoms with Gasteiger partial charge in [0, 0.05) is 19.6 Å². The highest BCUT2D eigenvalue weighted by Crippen LogP contribution is 2.30. The molecule has 0 bridgehead atoms. The van der Waals surface area contributed by atoms with E-state index in [2.05, 4.69) is 5.32 Å².